The van der Waals surface area contributed by atoms with E-state index in [9.17, 15) is 39.0 Å². The van der Waals surface area contributed by atoms with Crippen molar-refractivity contribution in [3.63, 3.8) is 0 Å². The van der Waals surface area contributed by atoms with E-state index in [4.69, 9.17) is 28.6 Å². The van der Waals surface area contributed by atoms with Crippen LogP contribution in [0.5, 0.6) is 0 Å². The number of carboxylic acid groups (broad SMARTS) is 3. The predicted molar refractivity (Wildman–Crippen MR) is 431 cm³/mol. The van der Waals surface area contributed by atoms with Crippen molar-refractivity contribution >= 4 is 96.8 Å². The Kier molecular flexibility index (Phi) is 21.4. The van der Waals surface area contributed by atoms with Gasteiger partial charge in [0, 0.05) is 98.3 Å². The highest BCUT2D eigenvalue weighted by molar-refractivity contribution is 9.10. The number of amides is 3. The molecular formula is C90H96BBrN6O14. The van der Waals surface area contributed by atoms with Gasteiger partial charge in [0.1, 0.15) is 18.3 Å². The average Bonchev–Trinajstić information content (AvgIpc) is 1.58. The van der Waals surface area contributed by atoms with Gasteiger partial charge in [0.15, 0.2) is 0 Å². The molecule has 19 rings (SSSR count). The minimum Gasteiger partial charge on any atom is -0.478 e. The van der Waals surface area contributed by atoms with Gasteiger partial charge in [-0.1, -0.05) is 119 Å². The van der Waals surface area contributed by atoms with Gasteiger partial charge in [-0.2, -0.15) is 0 Å². The molecule has 1 unspecified atom stereocenters. The first-order chi connectivity index (χ1) is 54.0. The molecule has 0 bridgehead atoms. The van der Waals surface area contributed by atoms with E-state index in [1.165, 1.54) is 60.3 Å². The SMILES string of the molecule is CC1(C)OB(c2ccc(C3CC34CCN(C(=O)[C@H]3CCCO3)CC4)cc2)OC1(C)C.O=C(O)c1ccnc2cc(-c3ccc([C@@H]4CC45CCN(C(=O)[C@H]4CCCO4)CC5)cc3)ccc12.O=C(O)c1ccnc2cc(-c3ccc([C@H]4CC45CCN(C(=O)[C@H]4CCCO4)CC5)cc3)ccc12.O=C(O)c1ccnc2cc(Br)ccc12. The molecule has 6 atom stereocenters. The van der Waals surface area contributed by atoms with Crippen molar-refractivity contribution in [2.75, 3.05) is 59.1 Å². The summed E-state index contributed by atoms with van der Waals surface area (Å²) in [5.41, 5.74) is 12.8. The number of halogens is 1. The molecule has 9 aromatic rings. The number of hydrogen-bond donors (Lipinski definition) is 3. The highest BCUT2D eigenvalue weighted by Crippen LogP contribution is 2.67. The number of benzene rings is 6. The van der Waals surface area contributed by atoms with Crippen molar-refractivity contribution in [2.24, 2.45) is 16.2 Å². The first kappa shape index (κ1) is 76.7. The highest BCUT2D eigenvalue weighted by atomic mass is 79.9. The van der Waals surface area contributed by atoms with Crippen LogP contribution in [0.2, 0.25) is 0 Å². The molecule has 580 valence electrons. The number of aromatic carboxylic acids is 3. The molecule has 7 saturated heterocycles. The van der Waals surface area contributed by atoms with Crippen molar-refractivity contribution < 1.29 is 67.6 Å². The molecule has 6 aromatic carbocycles. The fraction of sp³-hybridized carbons (Fsp3) is 0.433. The van der Waals surface area contributed by atoms with Gasteiger partial charge in [0.05, 0.1) is 44.4 Å². The number of carbonyl (C=O) groups excluding carboxylic acids is 3. The highest BCUT2D eigenvalue weighted by Gasteiger charge is 2.59. The number of carboxylic acids is 3. The molecule has 10 heterocycles. The smallest absolute Gasteiger partial charge is 0.478 e. The molecular weight excluding hydrogens is 1480 g/mol. The van der Waals surface area contributed by atoms with Crippen LogP contribution in [0.4, 0.5) is 0 Å². The van der Waals surface area contributed by atoms with E-state index in [2.05, 4.69) is 131 Å². The predicted octanol–water partition coefficient (Wildman–Crippen LogP) is 15.7. The van der Waals surface area contributed by atoms with Crippen molar-refractivity contribution in [2.45, 2.75) is 171 Å². The molecule has 22 heteroatoms. The van der Waals surface area contributed by atoms with Crippen LogP contribution < -0.4 is 5.46 Å². The lowest BCUT2D eigenvalue weighted by Gasteiger charge is -2.34. The Balaban J connectivity index is 0.000000117. The second-order valence-corrected chi connectivity index (χ2v) is 34.4. The van der Waals surface area contributed by atoms with E-state index in [1.54, 1.807) is 30.6 Å². The number of fused-ring (bicyclic) bond motifs is 3. The maximum Gasteiger partial charge on any atom is 0.494 e. The van der Waals surface area contributed by atoms with Crippen molar-refractivity contribution in [1.29, 1.82) is 0 Å². The summed E-state index contributed by atoms with van der Waals surface area (Å²) in [5, 5.41) is 29.7. The number of pyridine rings is 3. The maximum atomic E-state index is 12.7. The van der Waals surface area contributed by atoms with E-state index in [-0.39, 0.29) is 71.0 Å². The van der Waals surface area contributed by atoms with Gasteiger partial charge < -0.3 is 53.5 Å². The van der Waals surface area contributed by atoms with E-state index in [0.717, 1.165) is 155 Å². The summed E-state index contributed by atoms with van der Waals surface area (Å²) in [5.74, 6) is -0.468. The molecule has 112 heavy (non-hydrogen) atoms. The molecule has 10 aliphatic rings. The van der Waals surface area contributed by atoms with Crippen LogP contribution in [-0.2, 0) is 37.9 Å². The van der Waals surface area contributed by atoms with E-state index >= 15 is 0 Å². The second-order valence-electron chi connectivity index (χ2n) is 33.5. The van der Waals surface area contributed by atoms with Gasteiger partial charge in [0.2, 0.25) is 0 Å². The molecule has 0 radical (unpaired) electrons. The number of rotatable bonds is 12. The largest absolute Gasteiger partial charge is 0.494 e. The van der Waals surface area contributed by atoms with Crippen LogP contribution in [0.1, 0.15) is 190 Å². The summed E-state index contributed by atoms with van der Waals surface area (Å²) in [6.45, 7) is 15.6. The summed E-state index contributed by atoms with van der Waals surface area (Å²) >= 11 is 3.31. The van der Waals surface area contributed by atoms with Crippen LogP contribution in [-0.4, -0.2) is 176 Å². The zero-order valence-electron chi connectivity index (χ0n) is 64.0. The van der Waals surface area contributed by atoms with Gasteiger partial charge in [0.25, 0.3) is 17.7 Å². The zero-order chi connectivity index (χ0) is 77.8. The third-order valence-electron chi connectivity index (χ3n) is 26.4. The Hall–Kier alpha value is -9.29. The standard InChI is InChI=1S/2C28H28N2O4.C24H34BNO4.C10H6BrNO2/c2*31-26(25-2-1-15-34-25)30-13-10-28(11-14-30)17-23(28)19-5-3-18(4-6-19)20-7-8-21-22(27(32)33)9-12-29-24(21)16-20;1-22(2)23(3,4)30-25(29-22)18-9-7-17(8-10-18)19-16-24(19)11-13-26(14-12-24)21(27)20-6-5-15-28-20;11-6-1-2-7-8(10(13)14)3-4-12-9(7)5-6/h2*3-9,12,16,23,25H,1-2,10-11,13-15,17H2,(H,32,33);7-10,19-20H,5-6,11-16H2,1-4H3;1-5H,(H,13,14)/t23-,25+;23-,25-;19?,20-;/m011./s1. The summed E-state index contributed by atoms with van der Waals surface area (Å²) in [6, 6.07) is 47.8. The Morgan fingerprint density at radius 1 is 0.402 bits per heavy atom. The van der Waals surface area contributed by atoms with E-state index < -0.39 is 17.9 Å². The van der Waals surface area contributed by atoms with Gasteiger partial charge >= 0.3 is 25.0 Å². The third-order valence-corrected chi connectivity index (χ3v) is 26.9. The third kappa shape index (κ3) is 15.7. The monoisotopic (exact) mass is 1570 g/mol. The topological polar surface area (TPSA) is 258 Å². The Bertz CT molecular complexity index is 4840. The minimum atomic E-state index is -0.940. The number of piperidine rings is 3. The normalized spacial score (nSPS) is 23.9. The number of ether oxygens (including phenoxy) is 3. The van der Waals surface area contributed by atoms with Crippen molar-refractivity contribution in [3.05, 3.63) is 202 Å². The molecule has 3 amide bonds. The van der Waals surface area contributed by atoms with Gasteiger partial charge in [-0.3, -0.25) is 29.3 Å². The minimum absolute atomic E-state index is 0.184. The molecule has 3 saturated carbocycles. The molecule has 7 aliphatic heterocycles. The summed E-state index contributed by atoms with van der Waals surface area (Å²) in [4.78, 5) is 90.6. The first-order valence-corrected chi connectivity index (χ1v) is 40.7. The quantitative estimate of drug-likeness (QED) is 0.0961. The van der Waals surface area contributed by atoms with Crippen LogP contribution in [0.25, 0.3) is 55.0 Å². The molecule has 3 spiro atoms. The van der Waals surface area contributed by atoms with Crippen molar-refractivity contribution in [3.8, 4) is 22.3 Å². The van der Waals surface area contributed by atoms with Crippen LogP contribution >= 0.6 is 15.9 Å². The van der Waals surface area contributed by atoms with Crippen LogP contribution in [0.3, 0.4) is 0 Å². The van der Waals surface area contributed by atoms with Crippen LogP contribution in [0, 0.1) is 16.2 Å². The lowest BCUT2D eigenvalue weighted by atomic mass is 9.78. The molecule has 10 fully saturated rings. The lowest BCUT2D eigenvalue weighted by molar-refractivity contribution is -0.143. The summed E-state index contributed by atoms with van der Waals surface area (Å²) in [7, 11) is -0.302. The van der Waals surface area contributed by atoms with Gasteiger partial charge in [-0.15, -0.1) is 0 Å². The summed E-state index contributed by atoms with van der Waals surface area (Å²) in [6.07, 6.45) is 19.7. The summed E-state index contributed by atoms with van der Waals surface area (Å²) < 4.78 is 30.0. The number of carbonyl (C=O) groups is 6. The first-order valence-electron chi connectivity index (χ1n) is 39.9. The fourth-order valence-corrected chi connectivity index (χ4v) is 18.9. The van der Waals surface area contributed by atoms with E-state index in [1.807, 2.05) is 51.1 Å². The number of likely N-dealkylation sites (tertiary alicyclic amines) is 3. The Labute approximate surface area is 661 Å². The molecule has 3 N–H and O–H groups in total. The lowest BCUT2D eigenvalue weighted by Crippen LogP contribution is -2.44. The maximum absolute atomic E-state index is 12.7. The van der Waals surface area contributed by atoms with Gasteiger partial charge in [-0.05, 0) is 245 Å². The number of aromatic nitrogens is 3. The van der Waals surface area contributed by atoms with Gasteiger partial charge in [-0.25, -0.2) is 14.4 Å². The average molecular weight is 1580 g/mol. The molecule has 20 nitrogen and oxygen atoms in total. The Morgan fingerprint density at radius 2 is 0.705 bits per heavy atom. The van der Waals surface area contributed by atoms with E-state index in [0.29, 0.717) is 79.9 Å². The van der Waals surface area contributed by atoms with Crippen molar-refractivity contribution in [1.82, 2.24) is 29.7 Å². The molecule has 3 aromatic heterocycles. The number of nitrogens with zero attached hydrogens (tertiary/aromatic N) is 6. The second kappa shape index (κ2) is 31.2. The fourth-order valence-electron chi connectivity index (χ4n) is 18.6. The Morgan fingerprint density at radius 3 is 1.02 bits per heavy atom. The number of hydrogen-bond acceptors (Lipinski definition) is 14. The zero-order valence-corrected chi connectivity index (χ0v) is 65.6. The molecule has 3 aliphatic carbocycles. The van der Waals surface area contributed by atoms with Crippen LogP contribution in [0.15, 0.2) is 169 Å².